The molecule has 4 nitrogen and oxygen atoms in total. The average Bonchev–Trinajstić information content (AvgIpc) is 2.81. The number of nitrogens with one attached hydrogen (secondary N) is 1. The Kier molecular flexibility index (Phi) is 4.52. The van der Waals surface area contributed by atoms with E-state index in [9.17, 15) is 12.8 Å². The first-order chi connectivity index (χ1) is 9.41. The highest BCUT2D eigenvalue weighted by molar-refractivity contribution is 7.91. The van der Waals surface area contributed by atoms with Crippen LogP contribution in [0.4, 0.5) is 10.1 Å². The van der Waals surface area contributed by atoms with Gasteiger partial charge >= 0.3 is 0 Å². The Morgan fingerprint density at radius 2 is 2.15 bits per heavy atom. The molecule has 0 saturated heterocycles. The van der Waals surface area contributed by atoms with Crippen LogP contribution in [0.1, 0.15) is 26.2 Å². The summed E-state index contributed by atoms with van der Waals surface area (Å²) in [6.45, 7) is 2.20. The Morgan fingerprint density at radius 3 is 2.75 bits per heavy atom. The molecule has 2 atom stereocenters. The van der Waals surface area contributed by atoms with Crippen LogP contribution in [0.2, 0.25) is 0 Å². The van der Waals surface area contributed by atoms with Crippen LogP contribution < -0.4 is 10.1 Å². The number of rotatable bonds is 5. The fourth-order valence-electron chi connectivity index (χ4n) is 2.68. The van der Waals surface area contributed by atoms with E-state index in [1.54, 1.807) is 19.1 Å². The summed E-state index contributed by atoms with van der Waals surface area (Å²) in [6, 6.07) is 4.47. The van der Waals surface area contributed by atoms with E-state index >= 15 is 0 Å². The first kappa shape index (κ1) is 15.1. The summed E-state index contributed by atoms with van der Waals surface area (Å²) in [5.74, 6) is -0.227. The summed E-state index contributed by atoms with van der Waals surface area (Å²) in [6.07, 6.45) is 3.58. The Hall–Kier alpha value is -1.30. The number of ether oxygens (including phenoxy) is 1. The largest absolute Gasteiger partial charge is 0.491 e. The van der Waals surface area contributed by atoms with Crippen LogP contribution in [0.25, 0.3) is 0 Å². The van der Waals surface area contributed by atoms with Gasteiger partial charge in [0.2, 0.25) is 0 Å². The number of halogens is 1. The average molecular weight is 301 g/mol. The lowest BCUT2D eigenvalue weighted by Crippen LogP contribution is -2.34. The third-order valence-corrected chi connectivity index (χ3v) is 5.25. The Balaban J connectivity index is 2.12. The molecule has 0 aliphatic heterocycles. The Labute approximate surface area is 119 Å². The second-order valence-corrected chi connectivity index (χ2v) is 7.39. The van der Waals surface area contributed by atoms with Gasteiger partial charge in [0.1, 0.15) is 0 Å². The van der Waals surface area contributed by atoms with Crippen molar-refractivity contribution in [3.63, 3.8) is 0 Å². The quantitative estimate of drug-likeness (QED) is 0.908. The second kappa shape index (κ2) is 5.99. The maximum atomic E-state index is 13.8. The molecule has 1 N–H and O–H groups in total. The third-order valence-electron chi connectivity index (χ3n) is 3.59. The van der Waals surface area contributed by atoms with Gasteiger partial charge in [-0.3, -0.25) is 0 Å². The Morgan fingerprint density at radius 1 is 1.40 bits per heavy atom. The van der Waals surface area contributed by atoms with Crippen LogP contribution in [-0.4, -0.2) is 32.6 Å². The summed E-state index contributed by atoms with van der Waals surface area (Å²) in [4.78, 5) is 0. The summed E-state index contributed by atoms with van der Waals surface area (Å²) in [5, 5.41) is 2.74. The van der Waals surface area contributed by atoms with Crippen LogP contribution in [-0.2, 0) is 9.84 Å². The van der Waals surface area contributed by atoms with Crippen molar-refractivity contribution in [2.75, 3.05) is 18.2 Å². The molecule has 0 bridgehead atoms. The van der Waals surface area contributed by atoms with Crippen LogP contribution >= 0.6 is 0 Å². The maximum Gasteiger partial charge on any atom is 0.167 e. The minimum Gasteiger partial charge on any atom is -0.491 e. The van der Waals surface area contributed by atoms with Crippen molar-refractivity contribution in [1.29, 1.82) is 0 Å². The molecular weight excluding hydrogens is 281 g/mol. The number of benzene rings is 1. The van der Waals surface area contributed by atoms with E-state index in [-0.39, 0.29) is 11.8 Å². The highest BCUT2D eigenvalue weighted by Crippen LogP contribution is 2.29. The molecule has 0 heterocycles. The number of sulfone groups is 1. The molecule has 1 fully saturated rings. The van der Waals surface area contributed by atoms with Gasteiger partial charge in [-0.15, -0.1) is 0 Å². The Bertz CT molecular complexity index is 574. The van der Waals surface area contributed by atoms with Crippen LogP contribution in [0.5, 0.6) is 5.75 Å². The minimum absolute atomic E-state index is 0.151. The first-order valence-corrected chi connectivity index (χ1v) is 8.75. The fraction of sp³-hybridized carbons (Fsp3) is 0.571. The van der Waals surface area contributed by atoms with Crippen LogP contribution in [0.3, 0.4) is 0 Å². The highest BCUT2D eigenvalue weighted by Gasteiger charge is 2.34. The molecule has 0 radical (unpaired) electrons. The van der Waals surface area contributed by atoms with Gasteiger partial charge < -0.3 is 10.1 Å². The topological polar surface area (TPSA) is 55.4 Å². The van der Waals surface area contributed by atoms with Crippen molar-refractivity contribution in [1.82, 2.24) is 0 Å². The molecule has 6 heteroatoms. The molecule has 1 aliphatic rings. The molecule has 1 aliphatic carbocycles. The SMILES string of the molecule is CCOc1ccc(NC2CCCC2S(C)(=O)=O)cc1F. The molecule has 20 heavy (non-hydrogen) atoms. The number of hydrogen-bond acceptors (Lipinski definition) is 4. The normalized spacial score (nSPS) is 22.8. The van der Waals surface area contributed by atoms with Gasteiger partial charge in [0.05, 0.1) is 11.9 Å². The monoisotopic (exact) mass is 301 g/mol. The van der Waals surface area contributed by atoms with Crippen molar-refractivity contribution in [2.24, 2.45) is 0 Å². The molecule has 1 aromatic rings. The van der Waals surface area contributed by atoms with Crippen molar-refractivity contribution in [3.05, 3.63) is 24.0 Å². The second-order valence-electron chi connectivity index (χ2n) is 5.13. The standard InChI is InChI=1S/C14H20FNO3S/c1-3-19-13-8-7-10(9-11(13)15)16-12-5-4-6-14(12)20(2,17)18/h7-9,12,14,16H,3-6H2,1-2H3. The lowest BCUT2D eigenvalue weighted by molar-refractivity contribution is 0.321. The van der Waals surface area contributed by atoms with E-state index in [0.717, 1.165) is 12.8 Å². The first-order valence-electron chi connectivity index (χ1n) is 6.79. The highest BCUT2D eigenvalue weighted by atomic mass is 32.2. The number of hydrogen-bond donors (Lipinski definition) is 1. The summed E-state index contributed by atoms with van der Waals surface area (Å²) >= 11 is 0. The maximum absolute atomic E-state index is 13.8. The molecule has 0 spiro atoms. The van der Waals surface area contributed by atoms with Crippen LogP contribution in [0.15, 0.2) is 18.2 Å². The number of anilines is 1. The van der Waals surface area contributed by atoms with E-state index in [4.69, 9.17) is 4.74 Å². The lowest BCUT2D eigenvalue weighted by atomic mass is 10.2. The molecular formula is C14H20FNO3S. The van der Waals surface area contributed by atoms with Gasteiger partial charge in [-0.1, -0.05) is 0 Å². The van der Waals surface area contributed by atoms with Gasteiger partial charge in [0.15, 0.2) is 21.4 Å². The fourth-order valence-corrected chi connectivity index (χ4v) is 4.08. The molecule has 2 unspecified atom stereocenters. The zero-order chi connectivity index (χ0) is 14.8. The molecule has 1 aromatic carbocycles. The van der Waals surface area contributed by atoms with Gasteiger partial charge in [0.25, 0.3) is 0 Å². The summed E-state index contributed by atoms with van der Waals surface area (Å²) in [5.41, 5.74) is 0.589. The predicted molar refractivity (Wildman–Crippen MR) is 77.5 cm³/mol. The lowest BCUT2D eigenvalue weighted by Gasteiger charge is -2.21. The molecule has 112 valence electrons. The van der Waals surface area contributed by atoms with E-state index in [1.807, 2.05) is 0 Å². The zero-order valence-corrected chi connectivity index (χ0v) is 12.5. The molecule has 2 rings (SSSR count). The summed E-state index contributed by atoms with van der Waals surface area (Å²) < 4.78 is 42.3. The molecule has 1 saturated carbocycles. The molecule has 0 aromatic heterocycles. The van der Waals surface area contributed by atoms with E-state index < -0.39 is 20.9 Å². The van der Waals surface area contributed by atoms with Crippen LogP contribution in [0, 0.1) is 5.82 Å². The smallest absolute Gasteiger partial charge is 0.167 e. The third kappa shape index (κ3) is 3.42. The van der Waals surface area contributed by atoms with Gasteiger partial charge in [-0.2, -0.15) is 0 Å². The van der Waals surface area contributed by atoms with Crippen molar-refractivity contribution in [2.45, 2.75) is 37.5 Å². The zero-order valence-electron chi connectivity index (χ0n) is 11.7. The minimum atomic E-state index is -3.08. The van der Waals surface area contributed by atoms with Crippen molar-refractivity contribution < 1.29 is 17.5 Å². The predicted octanol–water partition coefficient (Wildman–Crippen LogP) is 2.60. The van der Waals surface area contributed by atoms with Gasteiger partial charge in [-0.25, -0.2) is 12.8 Å². The summed E-state index contributed by atoms with van der Waals surface area (Å²) in [7, 11) is -3.08. The van der Waals surface area contributed by atoms with E-state index in [2.05, 4.69) is 5.32 Å². The van der Waals surface area contributed by atoms with E-state index in [1.165, 1.54) is 12.3 Å². The van der Waals surface area contributed by atoms with Gasteiger partial charge in [-0.05, 0) is 38.3 Å². The van der Waals surface area contributed by atoms with Crippen molar-refractivity contribution >= 4 is 15.5 Å². The van der Waals surface area contributed by atoms with Gasteiger partial charge in [0, 0.05) is 24.1 Å². The van der Waals surface area contributed by atoms with Crippen molar-refractivity contribution in [3.8, 4) is 5.75 Å². The molecule has 0 amide bonds. The van der Waals surface area contributed by atoms with E-state index in [0.29, 0.717) is 18.7 Å².